The maximum Gasteiger partial charge on any atom is 0.319 e. The zero-order valence-electron chi connectivity index (χ0n) is 18.9. The summed E-state index contributed by atoms with van der Waals surface area (Å²) in [5.41, 5.74) is 1.62. The second-order valence-electron chi connectivity index (χ2n) is 9.10. The molecule has 4 rings (SSSR count). The van der Waals surface area contributed by atoms with Crippen molar-refractivity contribution in [1.29, 1.82) is 0 Å². The van der Waals surface area contributed by atoms with Crippen LogP contribution in [0.15, 0.2) is 54.6 Å². The Morgan fingerprint density at radius 3 is 2.27 bits per heavy atom. The van der Waals surface area contributed by atoms with Gasteiger partial charge in [-0.2, -0.15) is 0 Å². The number of halogens is 1. The highest BCUT2D eigenvalue weighted by Crippen LogP contribution is 2.26. The number of nitrogens with one attached hydrogen (secondary N) is 3. The third-order valence-corrected chi connectivity index (χ3v) is 6.98. The van der Waals surface area contributed by atoms with E-state index in [4.69, 9.17) is 11.6 Å². The molecule has 1 aliphatic heterocycles. The van der Waals surface area contributed by atoms with Gasteiger partial charge in [0.05, 0.1) is 0 Å². The van der Waals surface area contributed by atoms with Gasteiger partial charge in [0.1, 0.15) is 6.04 Å². The van der Waals surface area contributed by atoms with Gasteiger partial charge in [0, 0.05) is 42.3 Å². The number of carbonyl (C=O) groups is 2. The van der Waals surface area contributed by atoms with Gasteiger partial charge < -0.3 is 20.9 Å². The molecular weight excluding hydrogens is 436 g/mol. The van der Waals surface area contributed by atoms with Crippen LogP contribution in [0.25, 0.3) is 0 Å². The first-order valence-corrected chi connectivity index (χ1v) is 12.4. The van der Waals surface area contributed by atoms with Crippen LogP contribution in [-0.2, 0) is 11.2 Å². The molecule has 2 aromatic rings. The minimum atomic E-state index is -0.660. The van der Waals surface area contributed by atoms with Crippen molar-refractivity contribution in [1.82, 2.24) is 15.5 Å². The minimum absolute atomic E-state index is 0.135. The molecule has 2 fully saturated rings. The third-order valence-electron chi connectivity index (χ3n) is 6.72. The van der Waals surface area contributed by atoms with E-state index in [0.29, 0.717) is 17.1 Å². The van der Waals surface area contributed by atoms with Crippen molar-refractivity contribution in [2.24, 2.45) is 0 Å². The SMILES string of the molecule is O=C(Nc1ccc(Cl)cc1)NC(Cc1ccccc1)C(=O)NC1CCN(C2CCCC2)CC1. The summed E-state index contributed by atoms with van der Waals surface area (Å²) in [7, 11) is 0. The molecule has 1 heterocycles. The molecule has 2 aliphatic rings. The molecule has 1 saturated carbocycles. The molecule has 2 aromatic carbocycles. The van der Waals surface area contributed by atoms with E-state index in [2.05, 4.69) is 20.9 Å². The van der Waals surface area contributed by atoms with Crippen LogP contribution in [0.2, 0.25) is 5.02 Å². The molecule has 1 aliphatic carbocycles. The molecular formula is C26H33ClN4O2. The Morgan fingerprint density at radius 1 is 0.939 bits per heavy atom. The van der Waals surface area contributed by atoms with Crippen molar-refractivity contribution in [3.05, 3.63) is 65.2 Å². The van der Waals surface area contributed by atoms with Crippen molar-refractivity contribution >= 4 is 29.2 Å². The molecule has 33 heavy (non-hydrogen) atoms. The van der Waals surface area contributed by atoms with Crippen LogP contribution in [-0.4, -0.2) is 48.1 Å². The van der Waals surface area contributed by atoms with Crippen LogP contribution in [0.5, 0.6) is 0 Å². The fourth-order valence-corrected chi connectivity index (χ4v) is 5.02. The van der Waals surface area contributed by atoms with Gasteiger partial charge in [0.15, 0.2) is 0 Å². The Morgan fingerprint density at radius 2 is 1.61 bits per heavy atom. The maximum absolute atomic E-state index is 13.2. The van der Waals surface area contributed by atoms with E-state index in [9.17, 15) is 9.59 Å². The average molecular weight is 469 g/mol. The zero-order chi connectivity index (χ0) is 23.0. The monoisotopic (exact) mass is 468 g/mol. The molecule has 1 saturated heterocycles. The Balaban J connectivity index is 1.34. The summed E-state index contributed by atoms with van der Waals surface area (Å²) < 4.78 is 0. The fraction of sp³-hybridized carbons (Fsp3) is 0.462. The van der Waals surface area contributed by atoms with E-state index in [0.717, 1.165) is 37.5 Å². The van der Waals surface area contributed by atoms with Crippen LogP contribution < -0.4 is 16.0 Å². The second-order valence-corrected chi connectivity index (χ2v) is 9.54. The lowest BCUT2D eigenvalue weighted by Gasteiger charge is -2.36. The predicted molar refractivity (Wildman–Crippen MR) is 133 cm³/mol. The first-order chi connectivity index (χ1) is 16.1. The summed E-state index contributed by atoms with van der Waals surface area (Å²) in [6.45, 7) is 2.06. The zero-order valence-corrected chi connectivity index (χ0v) is 19.7. The highest BCUT2D eigenvalue weighted by atomic mass is 35.5. The summed E-state index contributed by atoms with van der Waals surface area (Å²) in [6, 6.07) is 16.5. The molecule has 0 bridgehead atoms. The van der Waals surface area contributed by atoms with Gasteiger partial charge in [0.2, 0.25) is 5.91 Å². The average Bonchev–Trinajstić information content (AvgIpc) is 3.36. The molecule has 3 amide bonds. The molecule has 0 spiro atoms. The summed E-state index contributed by atoms with van der Waals surface area (Å²) in [5.74, 6) is -0.135. The number of rotatable bonds is 7. The van der Waals surface area contributed by atoms with Crippen molar-refractivity contribution in [3.8, 4) is 0 Å². The number of piperidine rings is 1. The number of carbonyl (C=O) groups excluding carboxylic acids is 2. The summed E-state index contributed by atoms with van der Waals surface area (Å²) in [4.78, 5) is 28.4. The Bertz CT molecular complexity index is 908. The number of benzene rings is 2. The Hall–Kier alpha value is -2.57. The molecule has 176 valence electrons. The topological polar surface area (TPSA) is 73.5 Å². The van der Waals surface area contributed by atoms with Crippen molar-refractivity contribution in [2.45, 2.75) is 63.1 Å². The van der Waals surface area contributed by atoms with E-state index in [1.807, 2.05) is 30.3 Å². The standard InChI is InChI=1S/C26H33ClN4O2/c27-20-10-12-21(13-11-20)29-26(33)30-24(18-19-6-2-1-3-7-19)25(32)28-22-14-16-31(17-15-22)23-8-4-5-9-23/h1-3,6-7,10-13,22-24H,4-5,8-9,14-18H2,(H,28,32)(H2,29,30,33). The molecule has 1 atom stereocenters. The van der Waals surface area contributed by atoms with E-state index in [1.54, 1.807) is 24.3 Å². The maximum atomic E-state index is 13.2. The number of nitrogens with zero attached hydrogens (tertiary/aromatic N) is 1. The minimum Gasteiger partial charge on any atom is -0.351 e. The fourth-order valence-electron chi connectivity index (χ4n) is 4.90. The van der Waals surface area contributed by atoms with Crippen LogP contribution >= 0.6 is 11.6 Å². The van der Waals surface area contributed by atoms with Crippen molar-refractivity contribution < 1.29 is 9.59 Å². The van der Waals surface area contributed by atoms with Crippen LogP contribution in [0.1, 0.15) is 44.1 Å². The Labute approximate surface area is 201 Å². The lowest BCUT2D eigenvalue weighted by molar-refractivity contribution is -0.124. The van der Waals surface area contributed by atoms with Crippen LogP contribution in [0, 0.1) is 0 Å². The van der Waals surface area contributed by atoms with Gasteiger partial charge in [-0.1, -0.05) is 54.8 Å². The Kier molecular flexibility index (Phi) is 8.24. The van der Waals surface area contributed by atoms with Gasteiger partial charge in [-0.05, 0) is 55.5 Å². The van der Waals surface area contributed by atoms with Crippen LogP contribution in [0.4, 0.5) is 10.5 Å². The smallest absolute Gasteiger partial charge is 0.319 e. The number of hydrogen-bond acceptors (Lipinski definition) is 3. The van der Waals surface area contributed by atoms with Gasteiger partial charge in [0.25, 0.3) is 0 Å². The molecule has 1 unspecified atom stereocenters. The van der Waals surface area contributed by atoms with E-state index >= 15 is 0 Å². The molecule has 0 aromatic heterocycles. The second kappa shape index (κ2) is 11.5. The number of urea groups is 1. The van der Waals surface area contributed by atoms with Crippen molar-refractivity contribution in [3.63, 3.8) is 0 Å². The summed E-state index contributed by atoms with van der Waals surface area (Å²) >= 11 is 5.92. The summed E-state index contributed by atoms with van der Waals surface area (Å²) in [5, 5.41) is 9.45. The normalized spacial score (nSPS) is 18.6. The highest BCUT2D eigenvalue weighted by molar-refractivity contribution is 6.30. The molecule has 3 N–H and O–H groups in total. The lowest BCUT2D eigenvalue weighted by atomic mass is 10.0. The quantitative estimate of drug-likeness (QED) is 0.556. The first-order valence-electron chi connectivity index (χ1n) is 12.0. The number of amides is 3. The van der Waals surface area contributed by atoms with Gasteiger partial charge in [-0.15, -0.1) is 0 Å². The number of likely N-dealkylation sites (tertiary alicyclic amines) is 1. The number of anilines is 1. The van der Waals surface area contributed by atoms with Gasteiger partial charge in [-0.25, -0.2) is 4.79 Å². The lowest BCUT2D eigenvalue weighted by Crippen LogP contribution is -2.54. The first kappa shape index (κ1) is 23.6. The largest absolute Gasteiger partial charge is 0.351 e. The van der Waals surface area contributed by atoms with Crippen molar-refractivity contribution in [2.75, 3.05) is 18.4 Å². The van der Waals surface area contributed by atoms with Crippen LogP contribution in [0.3, 0.4) is 0 Å². The number of hydrogen-bond donors (Lipinski definition) is 3. The van der Waals surface area contributed by atoms with E-state index in [1.165, 1.54) is 25.7 Å². The molecule has 7 heteroatoms. The predicted octanol–water partition coefficient (Wildman–Crippen LogP) is 4.60. The van der Waals surface area contributed by atoms with Gasteiger partial charge >= 0.3 is 6.03 Å². The molecule has 0 radical (unpaired) electrons. The van der Waals surface area contributed by atoms with Gasteiger partial charge in [-0.3, -0.25) is 4.79 Å². The highest BCUT2D eigenvalue weighted by Gasteiger charge is 2.29. The van der Waals surface area contributed by atoms with E-state index in [-0.39, 0.29) is 11.9 Å². The third kappa shape index (κ3) is 6.95. The van der Waals surface area contributed by atoms with E-state index < -0.39 is 12.1 Å². The summed E-state index contributed by atoms with van der Waals surface area (Å²) in [6.07, 6.45) is 7.64. The molecule has 6 nitrogen and oxygen atoms in total.